The zero-order valence-electron chi connectivity index (χ0n) is 16.5. The first-order valence-corrected chi connectivity index (χ1v) is 9.04. The largest absolute Gasteiger partial charge is 0.497 e. The molecule has 3 aromatic carbocycles. The standard InChI is InChI=1S/C24H25NO3/c1-5-18-14-20(15-23(27-3)24(18)28-4)19-8-6-7-17(13-19)16-25-21-9-11-22(26-2)12-10-21/h5-15,25H,1,16H2,2-4H3. The van der Waals surface area contributed by atoms with Crippen molar-refractivity contribution >= 4 is 11.8 Å². The zero-order chi connectivity index (χ0) is 19.9. The third kappa shape index (κ3) is 4.29. The van der Waals surface area contributed by atoms with Crippen LogP contribution in [-0.2, 0) is 6.54 Å². The molecule has 0 spiro atoms. The van der Waals surface area contributed by atoms with Gasteiger partial charge in [-0.15, -0.1) is 0 Å². The van der Waals surface area contributed by atoms with Crippen LogP contribution in [0.1, 0.15) is 11.1 Å². The Kier molecular flexibility index (Phi) is 6.22. The summed E-state index contributed by atoms with van der Waals surface area (Å²) in [5.74, 6) is 2.23. The monoisotopic (exact) mass is 375 g/mol. The summed E-state index contributed by atoms with van der Waals surface area (Å²) < 4.78 is 16.2. The number of methoxy groups -OCH3 is 3. The lowest BCUT2D eigenvalue weighted by Gasteiger charge is -2.14. The fourth-order valence-electron chi connectivity index (χ4n) is 3.09. The van der Waals surface area contributed by atoms with E-state index in [0.717, 1.165) is 34.7 Å². The van der Waals surface area contributed by atoms with E-state index in [9.17, 15) is 0 Å². The highest BCUT2D eigenvalue weighted by Crippen LogP contribution is 2.37. The van der Waals surface area contributed by atoms with Crippen LogP contribution >= 0.6 is 0 Å². The molecule has 3 aromatic rings. The van der Waals surface area contributed by atoms with Crippen LogP contribution in [0.15, 0.2) is 67.2 Å². The van der Waals surface area contributed by atoms with E-state index in [0.29, 0.717) is 11.5 Å². The van der Waals surface area contributed by atoms with Crippen LogP contribution in [0.3, 0.4) is 0 Å². The maximum Gasteiger partial charge on any atom is 0.167 e. The highest BCUT2D eigenvalue weighted by Gasteiger charge is 2.11. The van der Waals surface area contributed by atoms with Crippen LogP contribution in [0.5, 0.6) is 17.2 Å². The van der Waals surface area contributed by atoms with Crippen LogP contribution in [-0.4, -0.2) is 21.3 Å². The Morgan fingerprint density at radius 3 is 2.29 bits per heavy atom. The van der Waals surface area contributed by atoms with Gasteiger partial charge in [-0.3, -0.25) is 0 Å². The fourth-order valence-corrected chi connectivity index (χ4v) is 3.09. The van der Waals surface area contributed by atoms with Gasteiger partial charge in [0.1, 0.15) is 5.75 Å². The maximum atomic E-state index is 5.50. The van der Waals surface area contributed by atoms with Gasteiger partial charge in [-0.05, 0) is 59.2 Å². The van der Waals surface area contributed by atoms with Crippen molar-refractivity contribution in [3.63, 3.8) is 0 Å². The van der Waals surface area contributed by atoms with Crippen molar-refractivity contribution in [2.24, 2.45) is 0 Å². The third-order valence-electron chi connectivity index (χ3n) is 4.57. The smallest absolute Gasteiger partial charge is 0.167 e. The molecule has 0 bridgehead atoms. The second-order valence-electron chi connectivity index (χ2n) is 6.29. The van der Waals surface area contributed by atoms with Gasteiger partial charge in [0.15, 0.2) is 11.5 Å². The Bertz CT molecular complexity index is 949. The molecular weight excluding hydrogens is 350 g/mol. The predicted molar refractivity (Wildman–Crippen MR) is 115 cm³/mol. The van der Waals surface area contributed by atoms with Crippen molar-refractivity contribution in [3.05, 3.63) is 78.4 Å². The summed E-state index contributed by atoms with van der Waals surface area (Å²) in [6.07, 6.45) is 1.78. The first kappa shape index (κ1) is 19.4. The Hall–Kier alpha value is -3.40. The van der Waals surface area contributed by atoms with E-state index in [1.54, 1.807) is 27.4 Å². The lowest BCUT2D eigenvalue weighted by molar-refractivity contribution is 0.354. The molecule has 0 heterocycles. The molecule has 0 aromatic heterocycles. The van der Waals surface area contributed by atoms with Crippen LogP contribution in [0.4, 0.5) is 5.69 Å². The van der Waals surface area contributed by atoms with E-state index in [1.165, 1.54) is 5.56 Å². The van der Waals surface area contributed by atoms with Crippen molar-refractivity contribution in [1.82, 2.24) is 0 Å². The molecule has 1 N–H and O–H groups in total. The van der Waals surface area contributed by atoms with Crippen LogP contribution in [0.25, 0.3) is 17.2 Å². The molecular formula is C24H25NO3. The summed E-state index contributed by atoms with van der Waals surface area (Å²) in [6.45, 7) is 4.61. The number of ether oxygens (including phenoxy) is 3. The van der Waals surface area contributed by atoms with E-state index < -0.39 is 0 Å². The molecule has 4 nitrogen and oxygen atoms in total. The maximum absolute atomic E-state index is 5.50. The van der Waals surface area contributed by atoms with Gasteiger partial charge >= 0.3 is 0 Å². The molecule has 0 fully saturated rings. The number of rotatable bonds is 8. The van der Waals surface area contributed by atoms with E-state index in [2.05, 4.69) is 42.2 Å². The van der Waals surface area contributed by atoms with Gasteiger partial charge in [0.2, 0.25) is 0 Å². The average Bonchev–Trinajstić information content (AvgIpc) is 2.77. The third-order valence-corrected chi connectivity index (χ3v) is 4.57. The van der Waals surface area contributed by atoms with Gasteiger partial charge in [0.25, 0.3) is 0 Å². The van der Waals surface area contributed by atoms with E-state index in [-0.39, 0.29) is 0 Å². The van der Waals surface area contributed by atoms with Gasteiger partial charge in [-0.2, -0.15) is 0 Å². The summed E-state index contributed by atoms with van der Waals surface area (Å²) >= 11 is 0. The second kappa shape index (κ2) is 9.00. The first-order valence-electron chi connectivity index (χ1n) is 9.04. The number of hydrogen-bond donors (Lipinski definition) is 1. The summed E-state index contributed by atoms with van der Waals surface area (Å²) in [7, 11) is 4.94. The lowest BCUT2D eigenvalue weighted by Crippen LogP contribution is -1.99. The summed E-state index contributed by atoms with van der Waals surface area (Å²) in [5.41, 5.74) is 5.30. The number of benzene rings is 3. The van der Waals surface area contributed by atoms with Gasteiger partial charge in [0.05, 0.1) is 21.3 Å². The van der Waals surface area contributed by atoms with Crippen molar-refractivity contribution in [1.29, 1.82) is 0 Å². The fraction of sp³-hybridized carbons (Fsp3) is 0.167. The van der Waals surface area contributed by atoms with Gasteiger partial charge < -0.3 is 19.5 Å². The minimum absolute atomic E-state index is 0.691. The molecule has 28 heavy (non-hydrogen) atoms. The number of hydrogen-bond acceptors (Lipinski definition) is 4. The molecule has 144 valence electrons. The molecule has 0 saturated carbocycles. The SMILES string of the molecule is C=Cc1cc(-c2cccc(CNc3ccc(OC)cc3)c2)cc(OC)c1OC. The first-order chi connectivity index (χ1) is 13.7. The molecule has 0 radical (unpaired) electrons. The van der Waals surface area contributed by atoms with E-state index >= 15 is 0 Å². The molecule has 0 aliphatic rings. The Balaban J connectivity index is 1.83. The highest BCUT2D eigenvalue weighted by molar-refractivity contribution is 5.74. The normalized spacial score (nSPS) is 10.2. The minimum Gasteiger partial charge on any atom is -0.497 e. The zero-order valence-corrected chi connectivity index (χ0v) is 16.5. The van der Waals surface area contributed by atoms with Crippen molar-refractivity contribution in [2.75, 3.05) is 26.6 Å². The molecule has 0 unspecified atom stereocenters. The summed E-state index contributed by atoms with van der Waals surface area (Å²) in [5, 5.41) is 3.44. The number of nitrogens with one attached hydrogen (secondary N) is 1. The molecule has 0 aliphatic carbocycles. The van der Waals surface area contributed by atoms with Crippen molar-refractivity contribution in [3.8, 4) is 28.4 Å². The van der Waals surface area contributed by atoms with E-state index in [1.807, 2.05) is 30.3 Å². The van der Waals surface area contributed by atoms with Crippen molar-refractivity contribution in [2.45, 2.75) is 6.54 Å². The average molecular weight is 375 g/mol. The predicted octanol–water partition coefficient (Wildman–Crippen LogP) is 5.63. The van der Waals surface area contributed by atoms with Gasteiger partial charge in [-0.1, -0.05) is 30.9 Å². The van der Waals surface area contributed by atoms with Gasteiger partial charge in [-0.25, -0.2) is 0 Å². The molecule has 0 amide bonds. The Morgan fingerprint density at radius 1 is 0.857 bits per heavy atom. The van der Waals surface area contributed by atoms with E-state index in [4.69, 9.17) is 14.2 Å². The molecule has 0 saturated heterocycles. The Labute approximate surface area is 166 Å². The van der Waals surface area contributed by atoms with Crippen LogP contribution < -0.4 is 19.5 Å². The lowest BCUT2D eigenvalue weighted by atomic mass is 9.99. The van der Waals surface area contributed by atoms with Crippen LogP contribution in [0, 0.1) is 0 Å². The molecule has 3 rings (SSSR count). The molecule has 0 aliphatic heterocycles. The quantitative estimate of drug-likeness (QED) is 0.553. The highest BCUT2D eigenvalue weighted by atomic mass is 16.5. The summed E-state index contributed by atoms with van der Waals surface area (Å²) in [4.78, 5) is 0. The second-order valence-corrected chi connectivity index (χ2v) is 6.29. The Morgan fingerprint density at radius 2 is 1.64 bits per heavy atom. The molecule has 0 atom stereocenters. The summed E-state index contributed by atoms with van der Waals surface area (Å²) in [6, 6.07) is 20.4. The topological polar surface area (TPSA) is 39.7 Å². The van der Waals surface area contributed by atoms with Crippen LogP contribution in [0.2, 0.25) is 0 Å². The van der Waals surface area contributed by atoms with Crippen molar-refractivity contribution < 1.29 is 14.2 Å². The van der Waals surface area contributed by atoms with Gasteiger partial charge in [0, 0.05) is 17.8 Å². The number of anilines is 1. The molecule has 4 heteroatoms. The minimum atomic E-state index is 0.691.